The minimum Gasteiger partial charge on any atom is -0.497 e. The van der Waals surface area contributed by atoms with Crippen LogP contribution in [-0.4, -0.2) is 41.8 Å². The van der Waals surface area contributed by atoms with E-state index in [1.165, 1.54) is 50.6 Å². The van der Waals surface area contributed by atoms with E-state index in [9.17, 15) is 13.2 Å². The fourth-order valence-electron chi connectivity index (χ4n) is 3.20. The molecule has 1 aliphatic heterocycles. The molecular weight excluding hydrogens is 448 g/mol. The normalized spacial score (nSPS) is 12.5. The van der Waals surface area contributed by atoms with E-state index < -0.39 is 10.0 Å². The molecule has 9 nitrogen and oxygen atoms in total. The summed E-state index contributed by atoms with van der Waals surface area (Å²) in [4.78, 5) is 12.7. The van der Waals surface area contributed by atoms with Crippen molar-refractivity contribution in [1.82, 2.24) is 0 Å². The van der Waals surface area contributed by atoms with Gasteiger partial charge in [-0.05, 0) is 48.5 Å². The van der Waals surface area contributed by atoms with Crippen LogP contribution >= 0.6 is 0 Å². The summed E-state index contributed by atoms with van der Waals surface area (Å²) in [5.74, 6) is 1.54. The Morgan fingerprint density at radius 3 is 2.30 bits per heavy atom. The molecule has 0 fully saturated rings. The maximum atomic E-state index is 12.8. The molecule has 0 spiro atoms. The molecule has 0 bridgehead atoms. The van der Waals surface area contributed by atoms with Crippen molar-refractivity contribution in [2.24, 2.45) is 0 Å². The number of ether oxygens (including phenoxy) is 4. The van der Waals surface area contributed by atoms with Gasteiger partial charge in [-0.3, -0.25) is 9.52 Å². The largest absolute Gasteiger partial charge is 0.497 e. The van der Waals surface area contributed by atoms with Crippen molar-refractivity contribution in [3.05, 3.63) is 66.2 Å². The lowest BCUT2D eigenvalue weighted by Gasteiger charge is -2.19. The molecule has 0 unspecified atom stereocenters. The second-order valence-electron chi connectivity index (χ2n) is 7.01. The summed E-state index contributed by atoms with van der Waals surface area (Å²) < 4.78 is 49.4. The van der Waals surface area contributed by atoms with Crippen molar-refractivity contribution < 1.29 is 32.2 Å². The topological polar surface area (TPSA) is 112 Å². The third-order valence-corrected chi connectivity index (χ3v) is 6.26. The van der Waals surface area contributed by atoms with Crippen molar-refractivity contribution in [1.29, 1.82) is 0 Å². The fraction of sp³-hybridized carbons (Fsp3) is 0.174. The van der Waals surface area contributed by atoms with Crippen molar-refractivity contribution in [2.45, 2.75) is 4.90 Å². The van der Waals surface area contributed by atoms with Gasteiger partial charge in [0.2, 0.25) is 0 Å². The number of anilines is 2. The van der Waals surface area contributed by atoms with Gasteiger partial charge in [-0.25, -0.2) is 8.42 Å². The Morgan fingerprint density at radius 2 is 1.61 bits per heavy atom. The molecule has 33 heavy (non-hydrogen) atoms. The van der Waals surface area contributed by atoms with E-state index in [1.54, 1.807) is 24.3 Å². The molecule has 1 heterocycles. The number of hydrogen-bond acceptors (Lipinski definition) is 7. The number of methoxy groups -OCH3 is 2. The Bertz CT molecular complexity index is 1270. The smallest absolute Gasteiger partial charge is 0.262 e. The van der Waals surface area contributed by atoms with Crippen molar-refractivity contribution in [3.8, 4) is 23.0 Å². The van der Waals surface area contributed by atoms with Crippen LogP contribution in [0.3, 0.4) is 0 Å². The SMILES string of the molecule is COc1ccc(OC)c(NC(=O)c2ccc(NS(=O)(=O)c3ccc4c(c3)OCCO4)cc2)c1. The van der Waals surface area contributed by atoms with Crippen LogP contribution in [0, 0.1) is 0 Å². The van der Waals surface area contributed by atoms with E-state index in [2.05, 4.69) is 10.0 Å². The van der Waals surface area contributed by atoms with E-state index in [1.807, 2.05) is 0 Å². The number of sulfonamides is 1. The zero-order valence-electron chi connectivity index (χ0n) is 18.0. The molecular formula is C23H22N2O7S. The zero-order chi connectivity index (χ0) is 23.4. The van der Waals surface area contributed by atoms with Gasteiger partial charge in [-0.15, -0.1) is 0 Å². The standard InChI is InChI=1S/C23H22N2O7S/c1-29-17-7-9-20(30-2)19(13-17)24-23(26)15-3-5-16(6-4-15)25-33(27,28)18-8-10-21-22(14-18)32-12-11-31-21/h3-10,13-14,25H,11-12H2,1-2H3,(H,24,26). The summed E-state index contributed by atoms with van der Waals surface area (Å²) in [6.07, 6.45) is 0. The zero-order valence-corrected chi connectivity index (χ0v) is 18.8. The Labute approximate surface area is 191 Å². The van der Waals surface area contributed by atoms with Crippen LogP contribution in [0.5, 0.6) is 23.0 Å². The lowest BCUT2D eigenvalue weighted by molar-refractivity contribution is 0.102. The summed E-state index contributed by atoms with van der Waals surface area (Å²) in [5.41, 5.74) is 1.09. The molecule has 0 saturated heterocycles. The summed E-state index contributed by atoms with van der Waals surface area (Å²) in [6, 6.07) is 15.5. The van der Waals surface area contributed by atoms with Gasteiger partial charge in [0.05, 0.1) is 24.8 Å². The highest BCUT2D eigenvalue weighted by molar-refractivity contribution is 7.92. The first-order valence-corrected chi connectivity index (χ1v) is 11.4. The molecule has 0 aliphatic carbocycles. The quantitative estimate of drug-likeness (QED) is 0.543. The average molecular weight is 471 g/mol. The van der Waals surface area contributed by atoms with E-state index >= 15 is 0 Å². The minimum atomic E-state index is -3.86. The molecule has 4 rings (SSSR count). The molecule has 0 radical (unpaired) electrons. The predicted octanol–water partition coefficient (Wildman–Crippen LogP) is 3.53. The summed E-state index contributed by atoms with van der Waals surface area (Å²) in [7, 11) is -0.836. The van der Waals surface area contributed by atoms with Gasteiger partial charge in [0, 0.05) is 23.4 Å². The third-order valence-electron chi connectivity index (χ3n) is 4.88. The highest BCUT2D eigenvalue weighted by atomic mass is 32.2. The lowest BCUT2D eigenvalue weighted by Crippen LogP contribution is -2.17. The number of rotatable bonds is 7. The second kappa shape index (κ2) is 9.29. The molecule has 3 aromatic rings. The number of amides is 1. The molecule has 0 atom stereocenters. The van der Waals surface area contributed by atoms with Crippen molar-refractivity contribution in [3.63, 3.8) is 0 Å². The maximum Gasteiger partial charge on any atom is 0.262 e. The highest BCUT2D eigenvalue weighted by Gasteiger charge is 2.20. The average Bonchev–Trinajstić information content (AvgIpc) is 2.83. The lowest BCUT2D eigenvalue weighted by atomic mass is 10.2. The van der Waals surface area contributed by atoms with Gasteiger partial charge in [0.15, 0.2) is 11.5 Å². The van der Waals surface area contributed by atoms with Crippen molar-refractivity contribution in [2.75, 3.05) is 37.5 Å². The number of benzene rings is 3. The molecule has 0 saturated carbocycles. The van der Waals surface area contributed by atoms with Crippen LogP contribution in [0.1, 0.15) is 10.4 Å². The molecule has 3 aromatic carbocycles. The Morgan fingerprint density at radius 1 is 0.879 bits per heavy atom. The fourth-order valence-corrected chi connectivity index (χ4v) is 4.27. The van der Waals surface area contributed by atoms with E-state index in [-0.39, 0.29) is 10.8 Å². The van der Waals surface area contributed by atoms with Crippen LogP contribution in [0.4, 0.5) is 11.4 Å². The summed E-state index contributed by atoms with van der Waals surface area (Å²) in [6.45, 7) is 0.775. The Hall–Kier alpha value is -3.92. The van der Waals surface area contributed by atoms with E-state index in [0.29, 0.717) is 53.2 Å². The van der Waals surface area contributed by atoms with Gasteiger partial charge in [0.1, 0.15) is 24.7 Å². The van der Waals surface area contributed by atoms with Gasteiger partial charge in [-0.2, -0.15) is 0 Å². The molecule has 10 heteroatoms. The van der Waals surface area contributed by atoms with E-state index in [4.69, 9.17) is 18.9 Å². The maximum absolute atomic E-state index is 12.8. The molecule has 1 aliphatic rings. The third kappa shape index (κ3) is 4.96. The first-order chi connectivity index (χ1) is 15.9. The molecule has 0 aromatic heterocycles. The highest BCUT2D eigenvalue weighted by Crippen LogP contribution is 2.33. The van der Waals surface area contributed by atoms with Crippen LogP contribution < -0.4 is 29.0 Å². The van der Waals surface area contributed by atoms with Crippen LogP contribution in [0.15, 0.2) is 65.6 Å². The second-order valence-corrected chi connectivity index (χ2v) is 8.69. The summed E-state index contributed by atoms with van der Waals surface area (Å²) in [5, 5.41) is 2.77. The minimum absolute atomic E-state index is 0.0405. The van der Waals surface area contributed by atoms with Gasteiger partial charge >= 0.3 is 0 Å². The van der Waals surface area contributed by atoms with Crippen LogP contribution in [0.2, 0.25) is 0 Å². The van der Waals surface area contributed by atoms with Crippen molar-refractivity contribution >= 4 is 27.3 Å². The monoisotopic (exact) mass is 470 g/mol. The number of nitrogens with one attached hydrogen (secondary N) is 2. The number of hydrogen-bond donors (Lipinski definition) is 2. The first kappa shape index (κ1) is 22.3. The summed E-state index contributed by atoms with van der Waals surface area (Å²) >= 11 is 0. The number of carbonyl (C=O) groups excluding carboxylic acids is 1. The van der Waals surface area contributed by atoms with E-state index in [0.717, 1.165) is 0 Å². The molecule has 1 amide bonds. The van der Waals surface area contributed by atoms with Gasteiger partial charge < -0.3 is 24.3 Å². The number of fused-ring (bicyclic) bond motifs is 1. The van der Waals surface area contributed by atoms with Gasteiger partial charge in [0.25, 0.3) is 15.9 Å². The molecule has 172 valence electrons. The van der Waals surface area contributed by atoms with Crippen LogP contribution in [0.25, 0.3) is 0 Å². The van der Waals surface area contributed by atoms with Gasteiger partial charge in [-0.1, -0.05) is 0 Å². The Kier molecular flexibility index (Phi) is 6.27. The first-order valence-electron chi connectivity index (χ1n) is 9.95. The number of carbonyl (C=O) groups is 1. The molecule has 2 N–H and O–H groups in total. The Balaban J connectivity index is 1.48. The van der Waals surface area contributed by atoms with Crippen LogP contribution in [-0.2, 0) is 10.0 Å². The predicted molar refractivity (Wildman–Crippen MR) is 122 cm³/mol.